The molecule has 2 aliphatic heterocycles. The Bertz CT molecular complexity index is 599. The van der Waals surface area contributed by atoms with Crippen molar-refractivity contribution in [3.8, 4) is 6.01 Å². The van der Waals surface area contributed by atoms with Gasteiger partial charge in [-0.25, -0.2) is 9.97 Å². The molecule has 0 aromatic carbocycles. The lowest BCUT2D eigenvalue weighted by Crippen LogP contribution is -2.65. The number of thiophene rings is 1. The first-order valence-electron chi connectivity index (χ1n) is 7.64. The van der Waals surface area contributed by atoms with Gasteiger partial charge in [0, 0.05) is 49.7 Å². The topological polar surface area (TPSA) is 47.5 Å². The van der Waals surface area contributed by atoms with Gasteiger partial charge in [-0.1, -0.05) is 6.07 Å². The summed E-state index contributed by atoms with van der Waals surface area (Å²) >= 11 is 1.81. The highest BCUT2D eigenvalue weighted by Crippen LogP contribution is 2.36. The van der Waals surface area contributed by atoms with Crippen molar-refractivity contribution in [2.45, 2.75) is 31.1 Å². The van der Waals surface area contributed by atoms with Crippen molar-refractivity contribution < 1.29 is 9.47 Å². The third-order valence-corrected chi connectivity index (χ3v) is 5.11. The van der Waals surface area contributed by atoms with Gasteiger partial charge < -0.3 is 9.47 Å². The van der Waals surface area contributed by atoms with Crippen LogP contribution in [0.25, 0.3) is 0 Å². The van der Waals surface area contributed by atoms with Gasteiger partial charge in [-0.2, -0.15) is 0 Å². The number of aromatic nitrogens is 2. The summed E-state index contributed by atoms with van der Waals surface area (Å²) in [4.78, 5) is 12.1. The first kappa shape index (κ1) is 14.1. The summed E-state index contributed by atoms with van der Waals surface area (Å²) in [7, 11) is 0. The SMILES string of the molecule is c1cnc(O[C@@H]2CCOC3(C2)CN(Cc2cccs2)C3)nc1. The van der Waals surface area contributed by atoms with E-state index in [1.165, 1.54) is 4.88 Å². The Morgan fingerprint density at radius 3 is 2.95 bits per heavy atom. The smallest absolute Gasteiger partial charge is 0.316 e. The highest BCUT2D eigenvalue weighted by molar-refractivity contribution is 7.09. The molecule has 0 aliphatic carbocycles. The molecular formula is C16H19N3O2S. The van der Waals surface area contributed by atoms with E-state index in [2.05, 4.69) is 32.4 Å². The van der Waals surface area contributed by atoms with Crippen LogP contribution in [0, 0.1) is 0 Å². The quantitative estimate of drug-likeness (QED) is 0.866. The van der Waals surface area contributed by atoms with Gasteiger partial charge in [0.05, 0.1) is 12.2 Å². The Labute approximate surface area is 133 Å². The summed E-state index contributed by atoms with van der Waals surface area (Å²) in [5, 5.41) is 2.13. The van der Waals surface area contributed by atoms with E-state index in [0.29, 0.717) is 6.01 Å². The second-order valence-corrected chi connectivity index (χ2v) is 7.05. The van der Waals surface area contributed by atoms with Crippen LogP contribution in [0.4, 0.5) is 0 Å². The van der Waals surface area contributed by atoms with E-state index in [0.717, 1.165) is 39.1 Å². The van der Waals surface area contributed by atoms with Crippen LogP contribution in [0.2, 0.25) is 0 Å². The van der Waals surface area contributed by atoms with E-state index < -0.39 is 0 Å². The van der Waals surface area contributed by atoms with Gasteiger partial charge in [-0.05, 0) is 17.5 Å². The van der Waals surface area contributed by atoms with Crippen molar-refractivity contribution in [2.24, 2.45) is 0 Å². The minimum atomic E-state index is -0.0328. The lowest BCUT2D eigenvalue weighted by molar-refractivity contribution is -0.188. The monoisotopic (exact) mass is 317 g/mol. The molecule has 1 spiro atoms. The molecule has 2 aromatic rings. The second kappa shape index (κ2) is 5.95. The number of hydrogen-bond acceptors (Lipinski definition) is 6. The largest absolute Gasteiger partial charge is 0.460 e. The summed E-state index contributed by atoms with van der Waals surface area (Å²) < 4.78 is 12.0. The zero-order valence-corrected chi connectivity index (χ0v) is 13.2. The van der Waals surface area contributed by atoms with E-state index in [1.54, 1.807) is 18.5 Å². The fraction of sp³-hybridized carbons (Fsp3) is 0.500. The van der Waals surface area contributed by atoms with Gasteiger partial charge in [-0.3, -0.25) is 4.90 Å². The summed E-state index contributed by atoms with van der Waals surface area (Å²) in [5.74, 6) is 0. The number of hydrogen-bond donors (Lipinski definition) is 0. The molecule has 22 heavy (non-hydrogen) atoms. The van der Waals surface area contributed by atoms with Crippen LogP contribution in [0.15, 0.2) is 36.0 Å². The Hall–Kier alpha value is -1.50. The fourth-order valence-corrected chi connectivity index (χ4v) is 4.05. The van der Waals surface area contributed by atoms with Gasteiger partial charge >= 0.3 is 6.01 Å². The molecular weight excluding hydrogens is 298 g/mol. The molecule has 0 N–H and O–H groups in total. The third-order valence-electron chi connectivity index (χ3n) is 4.24. The molecule has 5 nitrogen and oxygen atoms in total. The van der Waals surface area contributed by atoms with E-state index in [9.17, 15) is 0 Å². The molecule has 0 radical (unpaired) electrons. The van der Waals surface area contributed by atoms with Crippen molar-refractivity contribution >= 4 is 11.3 Å². The molecule has 1 atom stereocenters. The molecule has 0 amide bonds. The first-order chi connectivity index (χ1) is 10.8. The van der Waals surface area contributed by atoms with Crippen LogP contribution < -0.4 is 4.74 Å². The Kier molecular flexibility index (Phi) is 3.82. The number of likely N-dealkylation sites (tertiary alicyclic amines) is 1. The average molecular weight is 317 g/mol. The lowest BCUT2D eigenvalue weighted by atomic mass is 9.84. The fourth-order valence-electron chi connectivity index (χ4n) is 3.30. The normalized spacial score (nSPS) is 24.1. The highest BCUT2D eigenvalue weighted by Gasteiger charge is 2.48. The summed E-state index contributed by atoms with van der Waals surface area (Å²) in [6, 6.07) is 6.57. The van der Waals surface area contributed by atoms with Crippen molar-refractivity contribution in [3.05, 3.63) is 40.8 Å². The standard InChI is InChI=1S/C16H19N3O2S/c1-3-14(22-8-1)10-19-11-16(12-19)9-13(4-7-20-16)21-15-17-5-2-6-18-15/h1-3,5-6,8,13H,4,7,9-12H2/t13-/m1/s1. The van der Waals surface area contributed by atoms with E-state index in [1.807, 2.05) is 11.3 Å². The molecule has 2 aliphatic rings. The minimum absolute atomic E-state index is 0.0328. The first-order valence-corrected chi connectivity index (χ1v) is 8.52. The lowest BCUT2D eigenvalue weighted by Gasteiger charge is -2.52. The zero-order chi connectivity index (χ0) is 14.8. The summed E-state index contributed by atoms with van der Waals surface area (Å²) in [6.07, 6.45) is 5.41. The van der Waals surface area contributed by atoms with E-state index >= 15 is 0 Å². The van der Waals surface area contributed by atoms with Crippen molar-refractivity contribution in [1.82, 2.24) is 14.9 Å². The zero-order valence-electron chi connectivity index (χ0n) is 12.4. The highest BCUT2D eigenvalue weighted by atomic mass is 32.1. The Morgan fingerprint density at radius 2 is 2.18 bits per heavy atom. The maximum absolute atomic E-state index is 6.06. The van der Waals surface area contributed by atoms with Gasteiger partial charge in [-0.15, -0.1) is 11.3 Å². The molecule has 6 heteroatoms. The van der Waals surface area contributed by atoms with Crippen LogP contribution in [-0.2, 0) is 11.3 Å². The van der Waals surface area contributed by atoms with Crippen LogP contribution in [0.5, 0.6) is 6.01 Å². The maximum atomic E-state index is 6.06. The van der Waals surface area contributed by atoms with E-state index in [4.69, 9.17) is 9.47 Å². The van der Waals surface area contributed by atoms with Gasteiger partial charge in [0.2, 0.25) is 0 Å². The van der Waals surface area contributed by atoms with Crippen LogP contribution in [0.3, 0.4) is 0 Å². The van der Waals surface area contributed by atoms with Crippen molar-refractivity contribution in [1.29, 1.82) is 0 Å². The molecule has 0 unspecified atom stereocenters. The maximum Gasteiger partial charge on any atom is 0.316 e. The Morgan fingerprint density at radius 1 is 1.32 bits per heavy atom. The van der Waals surface area contributed by atoms with Crippen LogP contribution in [0.1, 0.15) is 17.7 Å². The molecule has 0 bridgehead atoms. The average Bonchev–Trinajstić information content (AvgIpc) is 3.00. The molecule has 116 valence electrons. The molecule has 2 fully saturated rings. The van der Waals surface area contributed by atoms with Crippen LogP contribution >= 0.6 is 11.3 Å². The van der Waals surface area contributed by atoms with Gasteiger partial charge in [0.1, 0.15) is 6.10 Å². The molecule has 2 saturated heterocycles. The van der Waals surface area contributed by atoms with Crippen LogP contribution in [-0.4, -0.2) is 46.3 Å². The predicted octanol–water partition coefficient (Wildman–Crippen LogP) is 2.35. The summed E-state index contributed by atoms with van der Waals surface area (Å²) in [5.41, 5.74) is -0.0328. The predicted molar refractivity (Wildman–Crippen MR) is 84.0 cm³/mol. The van der Waals surface area contributed by atoms with E-state index in [-0.39, 0.29) is 11.7 Å². The second-order valence-electron chi connectivity index (χ2n) is 6.02. The molecule has 0 saturated carbocycles. The number of nitrogens with zero attached hydrogens (tertiary/aromatic N) is 3. The summed E-state index contributed by atoms with van der Waals surface area (Å²) in [6.45, 7) is 3.75. The Balaban J connectivity index is 1.32. The van der Waals surface area contributed by atoms with Crippen molar-refractivity contribution in [3.63, 3.8) is 0 Å². The minimum Gasteiger partial charge on any atom is -0.460 e. The number of rotatable bonds is 4. The molecule has 2 aromatic heterocycles. The van der Waals surface area contributed by atoms with Gasteiger partial charge in [0.25, 0.3) is 0 Å². The molecule has 4 heterocycles. The van der Waals surface area contributed by atoms with Gasteiger partial charge in [0.15, 0.2) is 0 Å². The number of ether oxygens (including phenoxy) is 2. The molecule has 4 rings (SSSR count). The third kappa shape index (κ3) is 2.99. The van der Waals surface area contributed by atoms with Crippen molar-refractivity contribution in [2.75, 3.05) is 19.7 Å².